The molecule has 0 aliphatic carbocycles. The van der Waals surface area contributed by atoms with Crippen LogP contribution in [0.1, 0.15) is 59.8 Å². The maximum Gasteiger partial charge on any atom is 0.264 e. The van der Waals surface area contributed by atoms with Crippen LogP contribution in [0.4, 0.5) is 5.69 Å². The summed E-state index contributed by atoms with van der Waals surface area (Å²) in [4.78, 5) is 28.0. The van der Waals surface area contributed by atoms with Crippen LogP contribution in [0.15, 0.2) is 47.5 Å². The van der Waals surface area contributed by atoms with Gasteiger partial charge in [-0.1, -0.05) is 54.9 Å². The van der Waals surface area contributed by atoms with Gasteiger partial charge in [0.25, 0.3) is 5.91 Å². The Kier molecular flexibility index (Phi) is 5.82. The summed E-state index contributed by atoms with van der Waals surface area (Å²) in [7, 11) is 0. The minimum Gasteiger partial charge on any atom is -0.375 e. The first-order valence-electron chi connectivity index (χ1n) is 10.0. The Morgan fingerprint density at radius 2 is 1.80 bits per heavy atom. The summed E-state index contributed by atoms with van der Waals surface area (Å²) in [5.41, 5.74) is 2.55. The molecule has 5 heteroatoms. The number of carbonyl (C=O) groups excluding carboxylic acids is 2. The number of halogens is 1. The van der Waals surface area contributed by atoms with Gasteiger partial charge >= 0.3 is 0 Å². The van der Waals surface area contributed by atoms with E-state index in [1.807, 2.05) is 32.0 Å². The molecular weight excluding hydrogens is 442 g/mol. The van der Waals surface area contributed by atoms with Gasteiger partial charge in [-0.3, -0.25) is 9.59 Å². The molecule has 1 heterocycles. The highest BCUT2D eigenvalue weighted by Crippen LogP contribution is 2.44. The fraction of sp³-hybridized carbons (Fsp3) is 0.360. The van der Waals surface area contributed by atoms with Crippen LogP contribution in [0, 0.1) is 13.8 Å². The summed E-state index contributed by atoms with van der Waals surface area (Å²) in [5, 5.41) is 11.5. The van der Waals surface area contributed by atoms with Gasteiger partial charge in [0.1, 0.15) is 0 Å². The van der Waals surface area contributed by atoms with Gasteiger partial charge in [0, 0.05) is 22.1 Å². The molecule has 1 atom stereocenters. The Labute approximate surface area is 186 Å². The molecule has 3 rings (SSSR count). The number of benzene rings is 2. The lowest BCUT2D eigenvalue weighted by molar-refractivity contribution is -0.135. The van der Waals surface area contributed by atoms with E-state index >= 15 is 0 Å². The van der Waals surface area contributed by atoms with Crippen LogP contribution in [0.5, 0.6) is 0 Å². The summed E-state index contributed by atoms with van der Waals surface area (Å²) in [6, 6.07) is 9.35. The van der Waals surface area contributed by atoms with Crippen molar-refractivity contribution in [3.8, 4) is 0 Å². The van der Waals surface area contributed by atoms with Crippen LogP contribution >= 0.6 is 15.9 Å². The number of rotatable bonds is 5. The molecule has 4 nitrogen and oxygen atoms in total. The lowest BCUT2D eigenvalue weighted by Crippen LogP contribution is -2.42. The molecule has 2 aromatic carbocycles. The molecule has 2 aromatic rings. The Bertz CT molecular complexity index is 1030. The van der Waals surface area contributed by atoms with Gasteiger partial charge in [0.2, 0.25) is 0 Å². The fourth-order valence-corrected chi connectivity index (χ4v) is 4.52. The summed E-state index contributed by atoms with van der Waals surface area (Å²) in [5.74, 6) is -0.738. The van der Waals surface area contributed by atoms with Gasteiger partial charge in [-0.05, 0) is 54.2 Å². The zero-order valence-electron chi connectivity index (χ0n) is 18.2. The smallest absolute Gasteiger partial charge is 0.264 e. The molecule has 158 valence electrons. The van der Waals surface area contributed by atoms with E-state index < -0.39 is 11.5 Å². The maximum absolute atomic E-state index is 13.4. The minimum atomic E-state index is -1.90. The van der Waals surface area contributed by atoms with Gasteiger partial charge in [-0.15, -0.1) is 6.58 Å². The van der Waals surface area contributed by atoms with Crippen molar-refractivity contribution in [2.45, 2.75) is 52.1 Å². The predicted octanol–water partition coefficient (Wildman–Crippen LogP) is 5.36. The second kappa shape index (κ2) is 7.78. The Morgan fingerprint density at radius 1 is 1.20 bits per heavy atom. The number of aliphatic hydroxyl groups is 1. The van der Waals surface area contributed by atoms with Crippen molar-refractivity contribution >= 4 is 33.3 Å². The second-order valence-electron chi connectivity index (χ2n) is 9.06. The standard InChI is InChI=1S/C25H28BrNO3/c1-7-10-27-20-9-8-18(26)13-19(20)25(30,23(27)29)14-21(28)22-15(2)11-17(12-16(22)3)24(4,5)6/h7-9,11-13,30H,1,10,14H2,2-6H3/t25-/m1/s1. The van der Waals surface area contributed by atoms with E-state index in [1.165, 1.54) is 4.90 Å². The monoisotopic (exact) mass is 469 g/mol. The molecule has 1 aliphatic heterocycles. The molecule has 0 fully saturated rings. The normalized spacial score (nSPS) is 18.5. The fourth-order valence-electron chi connectivity index (χ4n) is 4.16. The largest absolute Gasteiger partial charge is 0.375 e. The lowest BCUT2D eigenvalue weighted by atomic mass is 9.81. The number of aryl methyl sites for hydroxylation is 2. The van der Waals surface area contributed by atoms with Crippen molar-refractivity contribution < 1.29 is 14.7 Å². The molecular formula is C25H28BrNO3. The minimum absolute atomic E-state index is 0.0346. The number of anilines is 1. The molecule has 0 saturated carbocycles. The van der Waals surface area contributed by atoms with E-state index in [2.05, 4.69) is 43.3 Å². The summed E-state index contributed by atoms with van der Waals surface area (Å²) < 4.78 is 0.738. The highest BCUT2D eigenvalue weighted by atomic mass is 79.9. The van der Waals surface area contributed by atoms with E-state index in [9.17, 15) is 14.7 Å². The number of Topliss-reactive ketones (excluding diaryl/α,β-unsaturated/α-hetero) is 1. The first-order valence-corrected chi connectivity index (χ1v) is 10.8. The zero-order chi connectivity index (χ0) is 22.4. The molecule has 0 aromatic heterocycles. The molecule has 1 N–H and O–H groups in total. The number of nitrogens with zero attached hydrogens (tertiary/aromatic N) is 1. The second-order valence-corrected chi connectivity index (χ2v) is 9.98. The molecule has 0 spiro atoms. The molecule has 0 saturated heterocycles. The number of carbonyl (C=O) groups is 2. The van der Waals surface area contributed by atoms with Crippen LogP contribution in [0.3, 0.4) is 0 Å². The van der Waals surface area contributed by atoms with Crippen molar-refractivity contribution in [1.29, 1.82) is 0 Å². The average Bonchev–Trinajstić information content (AvgIpc) is 2.82. The number of fused-ring (bicyclic) bond motifs is 1. The van der Waals surface area contributed by atoms with Crippen LogP contribution in [0.25, 0.3) is 0 Å². The lowest BCUT2D eigenvalue weighted by Gasteiger charge is -2.25. The van der Waals surface area contributed by atoms with Crippen LogP contribution in [0.2, 0.25) is 0 Å². The topological polar surface area (TPSA) is 57.6 Å². The van der Waals surface area contributed by atoms with Crippen molar-refractivity contribution in [3.63, 3.8) is 0 Å². The highest BCUT2D eigenvalue weighted by Gasteiger charge is 2.51. The molecule has 1 amide bonds. The van der Waals surface area contributed by atoms with Gasteiger partial charge in [0.05, 0.1) is 12.1 Å². The summed E-state index contributed by atoms with van der Waals surface area (Å²) in [6.45, 7) is 14.2. The third kappa shape index (κ3) is 3.77. The first kappa shape index (κ1) is 22.4. The van der Waals surface area contributed by atoms with Crippen molar-refractivity contribution in [2.24, 2.45) is 0 Å². The molecule has 0 bridgehead atoms. The van der Waals surface area contributed by atoms with Gasteiger partial charge in [-0.2, -0.15) is 0 Å². The SMILES string of the molecule is C=CCN1C(=O)[C@@](O)(CC(=O)c2c(C)cc(C(C)(C)C)cc2C)c2cc(Br)ccc21. The molecule has 0 radical (unpaired) electrons. The predicted molar refractivity (Wildman–Crippen MR) is 124 cm³/mol. The van der Waals surface area contributed by atoms with Crippen LogP contribution < -0.4 is 4.90 Å². The van der Waals surface area contributed by atoms with E-state index in [1.54, 1.807) is 18.2 Å². The third-order valence-corrected chi connectivity index (χ3v) is 6.19. The number of ketones is 1. The summed E-state index contributed by atoms with van der Waals surface area (Å²) >= 11 is 3.41. The Morgan fingerprint density at radius 3 is 2.33 bits per heavy atom. The van der Waals surface area contributed by atoms with Gasteiger partial charge in [0.15, 0.2) is 11.4 Å². The van der Waals surface area contributed by atoms with Gasteiger partial charge in [-0.25, -0.2) is 0 Å². The van der Waals surface area contributed by atoms with Crippen LogP contribution in [-0.2, 0) is 15.8 Å². The maximum atomic E-state index is 13.4. The third-order valence-electron chi connectivity index (χ3n) is 5.70. The van der Waals surface area contributed by atoms with Gasteiger partial charge < -0.3 is 10.0 Å². The molecule has 1 aliphatic rings. The molecule has 0 unspecified atom stereocenters. The van der Waals surface area contributed by atoms with E-state index in [-0.39, 0.29) is 24.2 Å². The highest BCUT2D eigenvalue weighted by molar-refractivity contribution is 9.10. The number of hydrogen-bond donors (Lipinski definition) is 1. The zero-order valence-corrected chi connectivity index (χ0v) is 19.8. The Hall–Kier alpha value is -2.24. The summed E-state index contributed by atoms with van der Waals surface area (Å²) in [6.07, 6.45) is 1.30. The number of amides is 1. The average molecular weight is 470 g/mol. The van der Waals surface area contributed by atoms with Crippen molar-refractivity contribution in [1.82, 2.24) is 0 Å². The van der Waals surface area contributed by atoms with E-state index in [4.69, 9.17) is 0 Å². The van der Waals surface area contributed by atoms with Crippen molar-refractivity contribution in [2.75, 3.05) is 11.4 Å². The molecule has 30 heavy (non-hydrogen) atoms. The van der Waals surface area contributed by atoms with Crippen molar-refractivity contribution in [3.05, 3.63) is 75.3 Å². The van der Waals surface area contributed by atoms with E-state index in [0.29, 0.717) is 16.8 Å². The number of hydrogen-bond acceptors (Lipinski definition) is 3. The van der Waals surface area contributed by atoms with E-state index in [0.717, 1.165) is 21.2 Å². The first-order chi connectivity index (χ1) is 13.9. The quantitative estimate of drug-likeness (QED) is 0.473. The van der Waals surface area contributed by atoms with Crippen LogP contribution in [-0.4, -0.2) is 23.3 Å². The Balaban J connectivity index is 2.04.